The second-order valence-electron chi connectivity index (χ2n) is 4.70. The molecular formula is C17H18O2. The highest BCUT2D eigenvalue weighted by atomic mass is 16.5. The van der Waals surface area contributed by atoms with Crippen LogP contribution >= 0.6 is 0 Å². The highest BCUT2D eigenvalue weighted by molar-refractivity contribution is 5.66. The predicted octanol–water partition coefficient (Wildman–Crippen LogP) is 3.84. The van der Waals surface area contributed by atoms with Gasteiger partial charge in [-0.05, 0) is 18.1 Å². The third-order valence-electron chi connectivity index (χ3n) is 2.99. The van der Waals surface area contributed by atoms with Crippen LogP contribution in [0.25, 0.3) is 0 Å². The predicted molar refractivity (Wildman–Crippen MR) is 75.8 cm³/mol. The van der Waals surface area contributed by atoms with Crippen LogP contribution in [-0.2, 0) is 16.0 Å². The summed E-state index contributed by atoms with van der Waals surface area (Å²) in [5.41, 5.74) is 3.37. The molecular weight excluding hydrogens is 236 g/mol. The zero-order valence-electron chi connectivity index (χ0n) is 11.3. The maximum absolute atomic E-state index is 11.3. The normalized spacial score (nSPS) is 11.9. The fourth-order valence-electron chi connectivity index (χ4n) is 2.13. The van der Waals surface area contributed by atoms with Gasteiger partial charge in [0.05, 0.1) is 0 Å². The number of esters is 1. The molecule has 0 saturated carbocycles. The topological polar surface area (TPSA) is 26.3 Å². The molecule has 1 unspecified atom stereocenters. The summed E-state index contributed by atoms with van der Waals surface area (Å²) in [4.78, 5) is 11.3. The smallest absolute Gasteiger partial charge is 0.303 e. The zero-order chi connectivity index (χ0) is 13.7. The molecule has 2 aromatic carbocycles. The molecule has 0 aliphatic carbocycles. The fourth-order valence-corrected chi connectivity index (χ4v) is 2.13. The number of hydrogen-bond donors (Lipinski definition) is 0. The van der Waals surface area contributed by atoms with Crippen molar-refractivity contribution < 1.29 is 9.53 Å². The second-order valence-corrected chi connectivity index (χ2v) is 4.70. The van der Waals surface area contributed by atoms with E-state index in [4.69, 9.17) is 4.74 Å². The van der Waals surface area contributed by atoms with Crippen molar-refractivity contribution in [3.8, 4) is 0 Å². The van der Waals surface area contributed by atoms with Gasteiger partial charge in [-0.15, -0.1) is 0 Å². The summed E-state index contributed by atoms with van der Waals surface area (Å²) in [5.74, 6) is -0.248. The molecule has 0 aliphatic heterocycles. The van der Waals surface area contributed by atoms with Crippen LogP contribution in [0.3, 0.4) is 0 Å². The molecule has 2 aromatic rings. The first-order valence-electron chi connectivity index (χ1n) is 6.43. The van der Waals surface area contributed by atoms with Crippen LogP contribution in [-0.4, -0.2) is 5.97 Å². The number of aryl methyl sites for hydroxylation is 1. The third kappa shape index (κ3) is 3.95. The number of carbonyl (C=O) groups excluding carboxylic acids is 1. The van der Waals surface area contributed by atoms with Gasteiger partial charge < -0.3 is 4.74 Å². The summed E-state index contributed by atoms with van der Waals surface area (Å²) in [5, 5.41) is 0. The summed E-state index contributed by atoms with van der Waals surface area (Å²) < 4.78 is 5.46. The number of hydrogen-bond acceptors (Lipinski definition) is 2. The van der Waals surface area contributed by atoms with Crippen molar-refractivity contribution in [2.75, 3.05) is 0 Å². The lowest BCUT2D eigenvalue weighted by Crippen LogP contribution is -2.11. The number of ether oxygens (including phenoxy) is 1. The van der Waals surface area contributed by atoms with Gasteiger partial charge in [-0.3, -0.25) is 4.79 Å². The Bertz CT molecular complexity index is 546. The second kappa shape index (κ2) is 6.19. The van der Waals surface area contributed by atoms with E-state index in [1.165, 1.54) is 12.5 Å². The lowest BCUT2D eigenvalue weighted by molar-refractivity contribution is -0.146. The van der Waals surface area contributed by atoms with E-state index in [-0.39, 0.29) is 12.1 Å². The van der Waals surface area contributed by atoms with Gasteiger partial charge in [0.1, 0.15) is 6.10 Å². The maximum Gasteiger partial charge on any atom is 0.303 e. The Kier molecular flexibility index (Phi) is 4.35. The van der Waals surface area contributed by atoms with Gasteiger partial charge in [-0.1, -0.05) is 60.2 Å². The van der Waals surface area contributed by atoms with Crippen molar-refractivity contribution in [1.29, 1.82) is 0 Å². The molecule has 0 aromatic heterocycles. The Morgan fingerprint density at radius 1 is 1.11 bits per heavy atom. The largest absolute Gasteiger partial charge is 0.457 e. The highest BCUT2D eigenvalue weighted by Crippen LogP contribution is 2.23. The van der Waals surface area contributed by atoms with Crippen molar-refractivity contribution in [1.82, 2.24) is 0 Å². The van der Waals surface area contributed by atoms with Gasteiger partial charge >= 0.3 is 5.97 Å². The molecule has 0 bridgehead atoms. The van der Waals surface area contributed by atoms with Crippen LogP contribution in [0.15, 0.2) is 54.6 Å². The Balaban J connectivity index is 2.23. The molecule has 0 saturated heterocycles. The molecule has 0 amide bonds. The van der Waals surface area contributed by atoms with E-state index in [0.29, 0.717) is 6.42 Å². The van der Waals surface area contributed by atoms with E-state index in [0.717, 1.165) is 11.1 Å². The van der Waals surface area contributed by atoms with Crippen molar-refractivity contribution in [3.63, 3.8) is 0 Å². The van der Waals surface area contributed by atoms with Gasteiger partial charge in [-0.2, -0.15) is 0 Å². The Morgan fingerprint density at radius 2 is 1.84 bits per heavy atom. The lowest BCUT2D eigenvalue weighted by atomic mass is 10.00. The molecule has 1 atom stereocenters. The fraction of sp³-hybridized carbons (Fsp3) is 0.235. The van der Waals surface area contributed by atoms with Gasteiger partial charge in [0.2, 0.25) is 0 Å². The molecule has 0 fully saturated rings. The summed E-state index contributed by atoms with van der Waals surface area (Å²) >= 11 is 0. The molecule has 19 heavy (non-hydrogen) atoms. The van der Waals surface area contributed by atoms with Gasteiger partial charge in [-0.25, -0.2) is 0 Å². The van der Waals surface area contributed by atoms with E-state index in [9.17, 15) is 4.79 Å². The SMILES string of the molecule is CC(=O)OC(Cc1ccccc1)c1cccc(C)c1. The molecule has 2 rings (SSSR count). The van der Waals surface area contributed by atoms with Crippen molar-refractivity contribution in [2.24, 2.45) is 0 Å². The van der Waals surface area contributed by atoms with Gasteiger partial charge in [0.25, 0.3) is 0 Å². The molecule has 0 spiro atoms. The van der Waals surface area contributed by atoms with Crippen LogP contribution in [0.2, 0.25) is 0 Å². The van der Waals surface area contributed by atoms with Gasteiger partial charge in [0, 0.05) is 13.3 Å². The highest BCUT2D eigenvalue weighted by Gasteiger charge is 2.15. The number of carbonyl (C=O) groups is 1. The van der Waals surface area contributed by atoms with E-state index < -0.39 is 0 Å². The summed E-state index contributed by atoms with van der Waals surface area (Å²) in [7, 11) is 0. The number of rotatable bonds is 4. The first-order chi connectivity index (χ1) is 9.15. The average molecular weight is 254 g/mol. The summed E-state index contributed by atoms with van der Waals surface area (Å²) in [6.45, 7) is 3.49. The number of benzene rings is 2. The van der Waals surface area contributed by atoms with E-state index in [1.54, 1.807) is 0 Å². The molecule has 2 nitrogen and oxygen atoms in total. The summed E-state index contributed by atoms with van der Waals surface area (Å²) in [6.07, 6.45) is 0.476. The molecule has 98 valence electrons. The van der Waals surface area contributed by atoms with Crippen LogP contribution in [0.1, 0.15) is 29.7 Å². The minimum Gasteiger partial charge on any atom is -0.457 e. The molecule has 0 radical (unpaired) electrons. The van der Waals surface area contributed by atoms with Gasteiger partial charge in [0.15, 0.2) is 0 Å². The van der Waals surface area contributed by atoms with Crippen LogP contribution in [0, 0.1) is 6.92 Å². The van der Waals surface area contributed by atoms with E-state index in [2.05, 4.69) is 6.07 Å². The van der Waals surface area contributed by atoms with E-state index in [1.807, 2.05) is 55.5 Å². The van der Waals surface area contributed by atoms with Crippen molar-refractivity contribution in [3.05, 3.63) is 71.3 Å². The van der Waals surface area contributed by atoms with E-state index >= 15 is 0 Å². The maximum atomic E-state index is 11.3. The van der Waals surface area contributed by atoms with Crippen LogP contribution in [0.4, 0.5) is 0 Å². The molecule has 0 N–H and O–H groups in total. The molecule has 0 heterocycles. The first kappa shape index (κ1) is 13.3. The quantitative estimate of drug-likeness (QED) is 0.775. The average Bonchev–Trinajstić information content (AvgIpc) is 2.39. The minimum absolute atomic E-state index is 0.222. The molecule has 2 heteroatoms. The minimum atomic E-state index is -0.248. The summed E-state index contributed by atoms with van der Waals surface area (Å²) in [6, 6.07) is 18.2. The third-order valence-corrected chi connectivity index (χ3v) is 2.99. The Morgan fingerprint density at radius 3 is 2.47 bits per heavy atom. The Hall–Kier alpha value is -2.09. The van der Waals surface area contributed by atoms with Crippen LogP contribution < -0.4 is 0 Å². The zero-order valence-corrected chi connectivity index (χ0v) is 11.3. The van der Waals surface area contributed by atoms with Crippen molar-refractivity contribution >= 4 is 5.97 Å². The monoisotopic (exact) mass is 254 g/mol. The first-order valence-corrected chi connectivity index (χ1v) is 6.43. The lowest BCUT2D eigenvalue weighted by Gasteiger charge is -2.18. The van der Waals surface area contributed by atoms with Crippen LogP contribution in [0.5, 0.6) is 0 Å². The Labute approximate surface area is 114 Å². The molecule has 0 aliphatic rings. The standard InChI is InChI=1S/C17H18O2/c1-13-7-6-10-16(11-13)17(19-14(2)18)12-15-8-4-3-5-9-15/h3-11,17H,12H2,1-2H3. The van der Waals surface area contributed by atoms with Crippen molar-refractivity contribution in [2.45, 2.75) is 26.4 Å².